The lowest BCUT2D eigenvalue weighted by Gasteiger charge is -2.20. The van der Waals surface area contributed by atoms with Crippen molar-refractivity contribution in [2.75, 3.05) is 31.7 Å². The average Bonchev–Trinajstić information content (AvgIpc) is 3.39. The largest absolute Gasteiger partial charge is 0.497 e. The lowest BCUT2D eigenvalue weighted by atomic mass is 10.0. The molecule has 0 aliphatic carbocycles. The minimum atomic E-state index is -0.298. The van der Waals surface area contributed by atoms with Crippen molar-refractivity contribution in [3.05, 3.63) is 59.8 Å². The van der Waals surface area contributed by atoms with Crippen molar-refractivity contribution in [1.29, 1.82) is 0 Å². The van der Waals surface area contributed by atoms with Crippen LogP contribution in [-0.4, -0.2) is 43.5 Å². The zero-order valence-corrected chi connectivity index (χ0v) is 18.3. The van der Waals surface area contributed by atoms with Gasteiger partial charge in [-0.25, -0.2) is 4.90 Å². The molecular formula is C25H28N2O4. The van der Waals surface area contributed by atoms with Crippen molar-refractivity contribution in [2.24, 2.45) is 5.92 Å². The maximum Gasteiger partial charge on any atom is 0.282 e. The molecule has 6 heteroatoms. The number of benzene rings is 2. The Labute approximate surface area is 183 Å². The van der Waals surface area contributed by atoms with Crippen LogP contribution in [0.25, 0.3) is 5.57 Å². The second-order valence-electron chi connectivity index (χ2n) is 8.29. The van der Waals surface area contributed by atoms with Gasteiger partial charge in [0, 0.05) is 13.1 Å². The molecule has 0 saturated carbocycles. The van der Waals surface area contributed by atoms with Gasteiger partial charge in [-0.1, -0.05) is 26.0 Å². The molecule has 2 amide bonds. The number of likely N-dealkylation sites (tertiary alicyclic amines) is 1. The van der Waals surface area contributed by atoms with Gasteiger partial charge in [0.2, 0.25) is 0 Å². The molecule has 2 aliphatic heterocycles. The topological polar surface area (TPSA) is 59.1 Å². The van der Waals surface area contributed by atoms with Crippen LogP contribution >= 0.6 is 0 Å². The molecule has 0 radical (unpaired) electrons. The molecule has 2 heterocycles. The normalized spacial score (nSPS) is 16.6. The standard InChI is InChI=1S/C25H28N2O4/c1-17(2)16-31-21-12-8-19(9-13-21)27-24(28)22(18-6-10-20(30-3)11-7-18)23(25(27)29)26-14-4-5-15-26/h6-13,17H,4-5,14-16H2,1-3H3. The van der Waals surface area contributed by atoms with E-state index >= 15 is 0 Å². The Kier molecular flexibility index (Phi) is 5.98. The van der Waals surface area contributed by atoms with E-state index in [4.69, 9.17) is 9.47 Å². The number of imide groups is 1. The lowest BCUT2D eigenvalue weighted by Crippen LogP contribution is -2.34. The first kappa shape index (κ1) is 21.0. The third-order valence-corrected chi connectivity index (χ3v) is 5.54. The van der Waals surface area contributed by atoms with E-state index in [0.717, 1.165) is 37.2 Å². The van der Waals surface area contributed by atoms with Gasteiger partial charge in [0.25, 0.3) is 11.8 Å². The Balaban J connectivity index is 1.67. The molecule has 2 aromatic rings. The highest BCUT2D eigenvalue weighted by Gasteiger charge is 2.42. The van der Waals surface area contributed by atoms with Gasteiger partial charge in [-0.3, -0.25) is 9.59 Å². The van der Waals surface area contributed by atoms with Crippen LogP contribution in [0.4, 0.5) is 5.69 Å². The van der Waals surface area contributed by atoms with Gasteiger partial charge >= 0.3 is 0 Å². The Morgan fingerprint density at radius 2 is 1.48 bits per heavy atom. The molecule has 6 nitrogen and oxygen atoms in total. The Bertz CT molecular complexity index is 987. The quantitative estimate of drug-likeness (QED) is 0.631. The number of anilines is 1. The average molecular weight is 421 g/mol. The number of carbonyl (C=O) groups is 2. The van der Waals surface area contributed by atoms with Crippen LogP contribution in [0, 0.1) is 5.92 Å². The van der Waals surface area contributed by atoms with Gasteiger partial charge in [-0.15, -0.1) is 0 Å². The molecule has 0 unspecified atom stereocenters. The first-order chi connectivity index (χ1) is 15.0. The van der Waals surface area contributed by atoms with Crippen LogP contribution in [0.3, 0.4) is 0 Å². The van der Waals surface area contributed by atoms with Crippen molar-refractivity contribution < 1.29 is 19.1 Å². The highest BCUT2D eigenvalue weighted by molar-refractivity contribution is 6.45. The first-order valence-electron chi connectivity index (χ1n) is 10.7. The van der Waals surface area contributed by atoms with Crippen molar-refractivity contribution >= 4 is 23.1 Å². The maximum atomic E-state index is 13.5. The molecule has 4 rings (SSSR count). The summed E-state index contributed by atoms with van der Waals surface area (Å²) in [4.78, 5) is 30.3. The number of hydrogen-bond acceptors (Lipinski definition) is 5. The van der Waals surface area contributed by atoms with E-state index in [-0.39, 0.29) is 11.8 Å². The minimum Gasteiger partial charge on any atom is -0.497 e. The fourth-order valence-electron chi connectivity index (χ4n) is 3.96. The van der Waals surface area contributed by atoms with Crippen LogP contribution in [0.15, 0.2) is 54.2 Å². The van der Waals surface area contributed by atoms with Crippen molar-refractivity contribution in [3.63, 3.8) is 0 Å². The molecule has 0 N–H and O–H groups in total. The molecule has 31 heavy (non-hydrogen) atoms. The zero-order chi connectivity index (χ0) is 22.0. The monoisotopic (exact) mass is 420 g/mol. The van der Waals surface area contributed by atoms with Gasteiger partial charge in [0.1, 0.15) is 17.2 Å². The van der Waals surface area contributed by atoms with Gasteiger partial charge in [-0.05, 0) is 60.7 Å². The SMILES string of the molecule is COc1ccc(C2=C(N3CCCC3)C(=O)N(c3ccc(OCC(C)C)cc3)C2=O)cc1. The lowest BCUT2D eigenvalue weighted by molar-refractivity contribution is -0.120. The highest BCUT2D eigenvalue weighted by atomic mass is 16.5. The number of amides is 2. The first-order valence-corrected chi connectivity index (χ1v) is 10.7. The smallest absolute Gasteiger partial charge is 0.282 e. The summed E-state index contributed by atoms with van der Waals surface area (Å²) in [5.41, 5.74) is 2.22. The molecule has 1 fully saturated rings. The predicted molar refractivity (Wildman–Crippen MR) is 120 cm³/mol. The molecule has 0 atom stereocenters. The number of ether oxygens (including phenoxy) is 2. The number of hydrogen-bond donors (Lipinski definition) is 0. The second kappa shape index (κ2) is 8.84. The Hall–Kier alpha value is -3.28. The summed E-state index contributed by atoms with van der Waals surface area (Å²) in [6.45, 7) is 6.35. The number of rotatable bonds is 7. The van der Waals surface area contributed by atoms with E-state index in [1.165, 1.54) is 4.90 Å². The molecule has 0 spiro atoms. The minimum absolute atomic E-state index is 0.270. The predicted octanol–water partition coefficient (Wildman–Crippen LogP) is 4.11. The zero-order valence-electron chi connectivity index (χ0n) is 18.3. The van der Waals surface area contributed by atoms with Gasteiger partial charge < -0.3 is 14.4 Å². The Morgan fingerprint density at radius 1 is 0.871 bits per heavy atom. The van der Waals surface area contributed by atoms with E-state index in [1.807, 2.05) is 29.2 Å². The fraction of sp³-hybridized carbons (Fsp3) is 0.360. The van der Waals surface area contributed by atoms with Crippen molar-refractivity contribution in [3.8, 4) is 11.5 Å². The van der Waals surface area contributed by atoms with E-state index in [2.05, 4.69) is 13.8 Å². The van der Waals surface area contributed by atoms with E-state index in [0.29, 0.717) is 35.2 Å². The number of nitrogens with zero attached hydrogens (tertiary/aromatic N) is 2. The summed E-state index contributed by atoms with van der Waals surface area (Å²) < 4.78 is 11.0. The molecule has 2 aromatic carbocycles. The second-order valence-corrected chi connectivity index (χ2v) is 8.29. The molecule has 162 valence electrons. The van der Waals surface area contributed by atoms with Crippen molar-refractivity contribution in [1.82, 2.24) is 4.90 Å². The van der Waals surface area contributed by atoms with Crippen LogP contribution in [0.5, 0.6) is 11.5 Å². The molecule has 2 aliphatic rings. The van der Waals surface area contributed by atoms with E-state index in [1.54, 1.807) is 31.4 Å². The van der Waals surface area contributed by atoms with Crippen LogP contribution in [0.2, 0.25) is 0 Å². The summed E-state index contributed by atoms with van der Waals surface area (Å²) in [6.07, 6.45) is 2.03. The molecule has 0 bridgehead atoms. The van der Waals surface area contributed by atoms with Crippen molar-refractivity contribution in [2.45, 2.75) is 26.7 Å². The van der Waals surface area contributed by atoms with Crippen LogP contribution in [0.1, 0.15) is 32.3 Å². The third kappa shape index (κ3) is 4.15. The summed E-state index contributed by atoms with van der Waals surface area (Å²) in [6, 6.07) is 14.4. The van der Waals surface area contributed by atoms with Crippen LogP contribution in [-0.2, 0) is 9.59 Å². The molecule has 1 saturated heterocycles. The summed E-state index contributed by atoms with van der Waals surface area (Å²) in [7, 11) is 1.60. The number of methoxy groups -OCH3 is 1. The van der Waals surface area contributed by atoms with Gasteiger partial charge in [0.05, 0.1) is 25.0 Å². The summed E-state index contributed by atoms with van der Waals surface area (Å²) in [5, 5.41) is 0. The van der Waals surface area contributed by atoms with Gasteiger partial charge in [0.15, 0.2) is 0 Å². The molecular weight excluding hydrogens is 392 g/mol. The molecule has 0 aromatic heterocycles. The van der Waals surface area contributed by atoms with Gasteiger partial charge in [-0.2, -0.15) is 0 Å². The summed E-state index contributed by atoms with van der Waals surface area (Å²) >= 11 is 0. The third-order valence-electron chi connectivity index (χ3n) is 5.54. The van der Waals surface area contributed by atoms with E-state index in [9.17, 15) is 9.59 Å². The van der Waals surface area contributed by atoms with Crippen LogP contribution < -0.4 is 14.4 Å². The van der Waals surface area contributed by atoms with E-state index < -0.39 is 0 Å². The number of carbonyl (C=O) groups excluding carboxylic acids is 2. The Morgan fingerprint density at radius 3 is 2.06 bits per heavy atom. The fourth-order valence-corrected chi connectivity index (χ4v) is 3.96. The maximum absolute atomic E-state index is 13.5. The highest BCUT2D eigenvalue weighted by Crippen LogP contribution is 2.37. The summed E-state index contributed by atoms with van der Waals surface area (Å²) in [5.74, 6) is 1.28.